The van der Waals surface area contributed by atoms with Crippen LogP contribution in [0.15, 0.2) is 41.4 Å². The van der Waals surface area contributed by atoms with E-state index in [1.807, 2.05) is 19.1 Å². The van der Waals surface area contributed by atoms with Crippen molar-refractivity contribution in [3.8, 4) is 21.1 Å². The number of thiazole rings is 1. The summed E-state index contributed by atoms with van der Waals surface area (Å²) >= 11 is 3.28. The highest BCUT2D eigenvalue weighted by molar-refractivity contribution is 7.99. The lowest BCUT2D eigenvalue weighted by atomic mass is 10.2. The van der Waals surface area contributed by atoms with E-state index in [0.29, 0.717) is 0 Å². The number of nitrogens with zero attached hydrogens (tertiary/aromatic N) is 4. The lowest BCUT2D eigenvalue weighted by molar-refractivity contribution is 0.324. The van der Waals surface area contributed by atoms with E-state index in [-0.39, 0.29) is 5.82 Å². The Labute approximate surface area is 167 Å². The van der Waals surface area contributed by atoms with Crippen LogP contribution in [0.1, 0.15) is 19.5 Å². The van der Waals surface area contributed by atoms with Gasteiger partial charge in [-0.2, -0.15) is 0 Å². The van der Waals surface area contributed by atoms with Gasteiger partial charge in [-0.25, -0.2) is 9.37 Å². The van der Waals surface area contributed by atoms with E-state index in [0.717, 1.165) is 57.2 Å². The number of halogens is 1. The zero-order chi connectivity index (χ0) is 19.2. The molecule has 4 nitrogen and oxygen atoms in total. The summed E-state index contributed by atoms with van der Waals surface area (Å²) in [6.45, 7) is 9.52. The molecule has 1 aromatic carbocycles. The van der Waals surface area contributed by atoms with E-state index in [9.17, 15) is 4.39 Å². The summed E-state index contributed by atoms with van der Waals surface area (Å²) in [6.07, 6.45) is 0. The summed E-state index contributed by atoms with van der Waals surface area (Å²) in [7, 11) is 0. The predicted octanol–water partition coefficient (Wildman–Crippen LogP) is 5.15. The van der Waals surface area contributed by atoms with Crippen LogP contribution in [0, 0.1) is 12.7 Å². The maximum atomic E-state index is 13.1. The molecule has 0 bridgehead atoms. The minimum Gasteiger partial charge on any atom is -0.303 e. The van der Waals surface area contributed by atoms with Gasteiger partial charge in [-0.3, -0.25) is 0 Å². The topological polar surface area (TPSA) is 41.9 Å². The molecule has 0 atom stereocenters. The smallest absolute Gasteiger partial charge is 0.124 e. The Bertz CT molecular complexity index is 859. The van der Waals surface area contributed by atoms with Crippen LogP contribution in [0.3, 0.4) is 0 Å². The van der Waals surface area contributed by atoms with Gasteiger partial charge in [-0.15, -0.1) is 33.3 Å². The van der Waals surface area contributed by atoms with Gasteiger partial charge >= 0.3 is 0 Å². The number of hydrogen-bond acceptors (Lipinski definition) is 6. The monoisotopic (exact) mass is 402 g/mol. The second-order valence-electron chi connectivity index (χ2n) is 6.07. The standard InChI is InChI=1S/C20H23FN4S2/c1-4-25(5-2)12-13-26-18-11-10-17(23-24-18)19-14(3)22-20(27-19)15-6-8-16(21)9-7-15/h6-11H,4-5,12-13H2,1-3H3. The van der Waals surface area contributed by atoms with Crippen LogP contribution in [-0.2, 0) is 0 Å². The van der Waals surface area contributed by atoms with Crippen molar-refractivity contribution in [2.24, 2.45) is 0 Å². The van der Waals surface area contributed by atoms with Gasteiger partial charge in [0, 0.05) is 17.9 Å². The van der Waals surface area contributed by atoms with Crippen LogP contribution >= 0.6 is 23.1 Å². The van der Waals surface area contributed by atoms with Crippen LogP contribution in [0.25, 0.3) is 21.1 Å². The van der Waals surface area contributed by atoms with E-state index in [1.54, 1.807) is 35.2 Å². The average Bonchev–Trinajstić information content (AvgIpc) is 3.08. The van der Waals surface area contributed by atoms with Gasteiger partial charge in [0.15, 0.2) is 0 Å². The molecule has 3 aromatic rings. The van der Waals surface area contributed by atoms with Gasteiger partial charge in [0.1, 0.15) is 21.5 Å². The number of aromatic nitrogens is 3. The molecule has 3 rings (SSSR count). The van der Waals surface area contributed by atoms with Gasteiger partial charge in [0.05, 0.1) is 10.6 Å². The molecule has 0 aliphatic carbocycles. The van der Waals surface area contributed by atoms with Crippen LogP contribution in [0.4, 0.5) is 4.39 Å². The molecule has 0 aliphatic heterocycles. The van der Waals surface area contributed by atoms with Crippen molar-refractivity contribution in [3.63, 3.8) is 0 Å². The average molecular weight is 403 g/mol. The maximum Gasteiger partial charge on any atom is 0.124 e. The Morgan fingerprint density at radius 1 is 1.04 bits per heavy atom. The summed E-state index contributed by atoms with van der Waals surface area (Å²) in [5, 5.41) is 10.6. The van der Waals surface area contributed by atoms with Crippen molar-refractivity contribution in [2.45, 2.75) is 25.8 Å². The van der Waals surface area contributed by atoms with E-state index in [1.165, 1.54) is 12.1 Å². The Morgan fingerprint density at radius 3 is 2.41 bits per heavy atom. The predicted molar refractivity (Wildman–Crippen MR) is 112 cm³/mol. The molecule has 0 aliphatic rings. The summed E-state index contributed by atoms with van der Waals surface area (Å²) in [4.78, 5) is 8.01. The summed E-state index contributed by atoms with van der Waals surface area (Å²) in [5.74, 6) is 0.761. The molecule has 0 saturated carbocycles. The Kier molecular flexibility index (Phi) is 6.93. The fourth-order valence-electron chi connectivity index (χ4n) is 2.69. The van der Waals surface area contributed by atoms with E-state index < -0.39 is 0 Å². The van der Waals surface area contributed by atoms with Crippen molar-refractivity contribution in [1.82, 2.24) is 20.1 Å². The lowest BCUT2D eigenvalue weighted by Crippen LogP contribution is -2.25. The first kappa shape index (κ1) is 19.9. The number of thioether (sulfide) groups is 1. The third kappa shape index (κ3) is 5.12. The maximum absolute atomic E-state index is 13.1. The van der Waals surface area contributed by atoms with Gasteiger partial charge < -0.3 is 4.90 Å². The minimum absolute atomic E-state index is 0.243. The second-order valence-corrected chi connectivity index (χ2v) is 8.19. The first-order valence-corrected chi connectivity index (χ1v) is 10.8. The van der Waals surface area contributed by atoms with Crippen LogP contribution < -0.4 is 0 Å². The zero-order valence-electron chi connectivity index (χ0n) is 15.8. The molecule has 0 fully saturated rings. The molecule has 0 amide bonds. The lowest BCUT2D eigenvalue weighted by Gasteiger charge is -2.16. The van der Waals surface area contributed by atoms with Crippen molar-refractivity contribution >= 4 is 23.1 Å². The number of rotatable bonds is 8. The highest BCUT2D eigenvalue weighted by atomic mass is 32.2. The molecule has 2 aromatic heterocycles. The van der Waals surface area contributed by atoms with Crippen LogP contribution in [0.5, 0.6) is 0 Å². The molecule has 0 unspecified atom stereocenters. The van der Waals surface area contributed by atoms with Gasteiger partial charge in [0.2, 0.25) is 0 Å². The fourth-order valence-corrected chi connectivity index (χ4v) is 4.55. The Balaban J connectivity index is 1.69. The number of benzene rings is 1. The Morgan fingerprint density at radius 2 is 1.78 bits per heavy atom. The molecule has 142 valence electrons. The second kappa shape index (κ2) is 9.39. The van der Waals surface area contributed by atoms with E-state index in [4.69, 9.17) is 0 Å². The molecular formula is C20H23FN4S2. The molecule has 0 N–H and O–H groups in total. The van der Waals surface area contributed by atoms with Gasteiger partial charge in [-0.1, -0.05) is 13.8 Å². The normalized spacial score (nSPS) is 11.3. The van der Waals surface area contributed by atoms with Gasteiger partial charge in [0.25, 0.3) is 0 Å². The minimum atomic E-state index is -0.243. The highest BCUT2D eigenvalue weighted by Gasteiger charge is 2.13. The molecule has 2 heterocycles. The zero-order valence-corrected chi connectivity index (χ0v) is 17.4. The molecular weight excluding hydrogens is 379 g/mol. The number of hydrogen-bond donors (Lipinski definition) is 0. The first-order chi connectivity index (χ1) is 13.1. The van der Waals surface area contributed by atoms with Crippen molar-refractivity contribution < 1.29 is 4.39 Å². The number of aryl methyl sites for hydroxylation is 1. The van der Waals surface area contributed by atoms with E-state index in [2.05, 4.69) is 33.9 Å². The Hall–Kier alpha value is -1.83. The van der Waals surface area contributed by atoms with Crippen molar-refractivity contribution in [3.05, 3.63) is 47.9 Å². The van der Waals surface area contributed by atoms with Gasteiger partial charge in [-0.05, 0) is 56.4 Å². The SMILES string of the molecule is CCN(CC)CCSc1ccc(-c2sc(-c3ccc(F)cc3)nc2C)nn1. The molecule has 0 radical (unpaired) electrons. The van der Waals surface area contributed by atoms with Crippen molar-refractivity contribution in [1.29, 1.82) is 0 Å². The third-order valence-electron chi connectivity index (χ3n) is 4.31. The largest absolute Gasteiger partial charge is 0.303 e. The molecule has 0 saturated heterocycles. The quantitative estimate of drug-likeness (QED) is 0.488. The summed E-state index contributed by atoms with van der Waals surface area (Å²) < 4.78 is 13.1. The fraction of sp³-hybridized carbons (Fsp3) is 0.350. The highest BCUT2D eigenvalue weighted by Crippen LogP contribution is 2.34. The van der Waals surface area contributed by atoms with Crippen molar-refractivity contribution in [2.75, 3.05) is 25.4 Å². The van der Waals surface area contributed by atoms with Crippen LogP contribution in [-0.4, -0.2) is 45.5 Å². The molecule has 0 spiro atoms. The molecule has 27 heavy (non-hydrogen) atoms. The van der Waals surface area contributed by atoms with Crippen LogP contribution in [0.2, 0.25) is 0 Å². The summed E-state index contributed by atoms with van der Waals surface area (Å²) in [5.41, 5.74) is 2.65. The third-order valence-corrected chi connectivity index (χ3v) is 6.44. The van der Waals surface area contributed by atoms with E-state index >= 15 is 0 Å². The molecule has 7 heteroatoms. The summed E-state index contributed by atoms with van der Waals surface area (Å²) in [6, 6.07) is 10.4. The first-order valence-electron chi connectivity index (χ1n) is 9.03.